The lowest BCUT2D eigenvalue weighted by Crippen LogP contribution is -2.22. The molecule has 0 aromatic heterocycles. The Morgan fingerprint density at radius 1 is 1.20 bits per heavy atom. The highest BCUT2D eigenvalue weighted by Crippen LogP contribution is 2.35. The third kappa shape index (κ3) is 4.67. The summed E-state index contributed by atoms with van der Waals surface area (Å²) in [5, 5.41) is 2.22. The molecule has 2 aromatic carbocycles. The van der Waals surface area contributed by atoms with Gasteiger partial charge in [0.2, 0.25) is 5.91 Å². The summed E-state index contributed by atoms with van der Waals surface area (Å²) in [5.41, 5.74) is 0.166. The van der Waals surface area contributed by atoms with Crippen molar-refractivity contribution < 1.29 is 18.7 Å². The van der Waals surface area contributed by atoms with Crippen molar-refractivity contribution in [2.75, 3.05) is 18.5 Å². The van der Waals surface area contributed by atoms with E-state index in [4.69, 9.17) is 9.47 Å². The summed E-state index contributed by atoms with van der Waals surface area (Å²) in [6.45, 7) is 3.02. The number of nitrogens with one attached hydrogen (secondary N) is 1. The van der Waals surface area contributed by atoms with Gasteiger partial charge in [-0.1, -0.05) is 15.9 Å². The zero-order chi connectivity index (χ0) is 17.8. The normalized spacial score (nSPS) is 14.5. The Labute approximate surface area is 158 Å². The Morgan fingerprint density at radius 2 is 1.96 bits per heavy atom. The van der Waals surface area contributed by atoms with Crippen LogP contribution in [0, 0.1) is 5.82 Å². The van der Waals surface area contributed by atoms with Crippen LogP contribution in [0.5, 0.6) is 11.5 Å². The van der Waals surface area contributed by atoms with E-state index >= 15 is 0 Å². The minimum Gasteiger partial charge on any atom is -0.490 e. The van der Waals surface area contributed by atoms with Gasteiger partial charge in [-0.3, -0.25) is 4.79 Å². The number of halogens is 2. The Balaban J connectivity index is 1.66. The highest BCUT2D eigenvalue weighted by molar-refractivity contribution is 9.10. The molecule has 3 rings (SSSR count). The van der Waals surface area contributed by atoms with E-state index in [0.29, 0.717) is 23.4 Å². The van der Waals surface area contributed by atoms with Gasteiger partial charge in [0, 0.05) is 15.8 Å². The van der Waals surface area contributed by atoms with Crippen molar-refractivity contribution in [3.63, 3.8) is 0 Å². The van der Waals surface area contributed by atoms with Crippen molar-refractivity contribution >= 4 is 39.3 Å². The second-order valence-electron chi connectivity index (χ2n) is 5.53. The molecule has 1 atom stereocenters. The van der Waals surface area contributed by atoms with Gasteiger partial charge in [-0.15, -0.1) is 11.8 Å². The number of amides is 1. The summed E-state index contributed by atoms with van der Waals surface area (Å²) >= 11 is 4.57. The van der Waals surface area contributed by atoms with E-state index < -0.39 is 11.1 Å². The summed E-state index contributed by atoms with van der Waals surface area (Å²) in [6, 6.07) is 10.1. The summed E-state index contributed by atoms with van der Waals surface area (Å²) < 4.78 is 25.7. The number of hydrogen-bond donors (Lipinski definition) is 1. The number of benzene rings is 2. The number of carbonyl (C=O) groups excluding carboxylic acids is 1. The number of ether oxygens (including phenoxy) is 2. The first-order chi connectivity index (χ1) is 12.0. The van der Waals surface area contributed by atoms with Crippen LogP contribution in [0.4, 0.5) is 10.1 Å². The van der Waals surface area contributed by atoms with Gasteiger partial charge >= 0.3 is 0 Å². The number of carbonyl (C=O) groups is 1. The number of thioether (sulfide) groups is 1. The molecule has 0 saturated carbocycles. The van der Waals surface area contributed by atoms with Gasteiger partial charge in [-0.05, 0) is 43.3 Å². The van der Waals surface area contributed by atoms with E-state index in [9.17, 15) is 9.18 Å². The van der Waals surface area contributed by atoms with Crippen molar-refractivity contribution in [2.24, 2.45) is 0 Å². The molecule has 1 aliphatic heterocycles. The van der Waals surface area contributed by atoms with Crippen LogP contribution in [0.25, 0.3) is 0 Å². The molecule has 0 aliphatic carbocycles. The second kappa shape index (κ2) is 8.10. The van der Waals surface area contributed by atoms with Crippen LogP contribution in [0.2, 0.25) is 0 Å². The SMILES string of the molecule is CC(Sc1ccc2c(c1)OCCCO2)C(=O)Nc1ccc(Br)cc1F. The predicted octanol–water partition coefficient (Wildman–Crippen LogP) is 4.87. The minimum absolute atomic E-state index is 0.166. The van der Waals surface area contributed by atoms with Gasteiger partial charge < -0.3 is 14.8 Å². The van der Waals surface area contributed by atoms with Crippen molar-refractivity contribution in [1.29, 1.82) is 0 Å². The fraction of sp³-hybridized carbons (Fsp3) is 0.278. The summed E-state index contributed by atoms with van der Waals surface area (Å²) in [5.74, 6) is 0.666. The van der Waals surface area contributed by atoms with E-state index in [2.05, 4.69) is 21.2 Å². The largest absolute Gasteiger partial charge is 0.490 e. The first-order valence-electron chi connectivity index (χ1n) is 7.85. The zero-order valence-corrected chi connectivity index (χ0v) is 16.0. The van der Waals surface area contributed by atoms with Crippen molar-refractivity contribution in [2.45, 2.75) is 23.5 Å². The minimum atomic E-state index is -0.476. The van der Waals surface area contributed by atoms with Crippen LogP contribution in [0.3, 0.4) is 0 Å². The molecule has 1 aliphatic rings. The van der Waals surface area contributed by atoms with E-state index in [0.717, 1.165) is 17.1 Å². The highest BCUT2D eigenvalue weighted by atomic mass is 79.9. The lowest BCUT2D eigenvalue weighted by atomic mass is 10.3. The monoisotopic (exact) mass is 425 g/mol. The summed E-state index contributed by atoms with van der Waals surface area (Å²) in [4.78, 5) is 13.2. The van der Waals surface area contributed by atoms with Gasteiger partial charge in [0.1, 0.15) is 5.82 Å². The molecule has 0 saturated heterocycles. The van der Waals surface area contributed by atoms with Crippen LogP contribution < -0.4 is 14.8 Å². The molecule has 0 radical (unpaired) electrons. The first-order valence-corrected chi connectivity index (χ1v) is 9.52. The highest BCUT2D eigenvalue weighted by Gasteiger charge is 2.18. The fourth-order valence-corrected chi connectivity index (χ4v) is 3.53. The van der Waals surface area contributed by atoms with E-state index in [1.165, 1.54) is 23.9 Å². The molecule has 7 heteroatoms. The average molecular weight is 426 g/mol. The summed E-state index contributed by atoms with van der Waals surface area (Å²) in [6.07, 6.45) is 0.842. The molecule has 25 heavy (non-hydrogen) atoms. The lowest BCUT2D eigenvalue weighted by Gasteiger charge is -2.14. The molecule has 0 fully saturated rings. The maximum Gasteiger partial charge on any atom is 0.237 e. The van der Waals surface area contributed by atoms with Crippen LogP contribution in [-0.2, 0) is 4.79 Å². The molecule has 1 unspecified atom stereocenters. The maximum absolute atomic E-state index is 13.8. The smallest absolute Gasteiger partial charge is 0.237 e. The van der Waals surface area contributed by atoms with Crippen LogP contribution in [0.15, 0.2) is 45.8 Å². The van der Waals surface area contributed by atoms with Gasteiger partial charge in [-0.2, -0.15) is 0 Å². The van der Waals surface area contributed by atoms with Crippen LogP contribution >= 0.6 is 27.7 Å². The number of fused-ring (bicyclic) bond motifs is 1. The Morgan fingerprint density at radius 3 is 2.72 bits per heavy atom. The van der Waals surface area contributed by atoms with Crippen molar-refractivity contribution in [1.82, 2.24) is 0 Å². The number of hydrogen-bond acceptors (Lipinski definition) is 4. The van der Waals surface area contributed by atoms with Crippen LogP contribution in [-0.4, -0.2) is 24.4 Å². The van der Waals surface area contributed by atoms with Gasteiger partial charge in [0.15, 0.2) is 11.5 Å². The molecule has 1 amide bonds. The Hall–Kier alpha value is -1.73. The molecular formula is C18H17BrFNO3S. The third-order valence-electron chi connectivity index (χ3n) is 3.59. The Bertz CT molecular complexity index is 787. The van der Waals surface area contributed by atoms with Crippen LogP contribution in [0.1, 0.15) is 13.3 Å². The molecule has 1 N–H and O–H groups in total. The number of anilines is 1. The molecule has 4 nitrogen and oxygen atoms in total. The maximum atomic E-state index is 13.8. The van der Waals surface area contributed by atoms with E-state index in [1.807, 2.05) is 18.2 Å². The molecular weight excluding hydrogens is 409 g/mol. The first kappa shape index (κ1) is 18.1. The van der Waals surface area contributed by atoms with Gasteiger partial charge in [-0.25, -0.2) is 4.39 Å². The standard InChI is InChI=1S/C18H17BrFNO3S/c1-11(18(22)21-15-5-3-12(19)9-14(15)20)25-13-4-6-16-17(10-13)24-8-2-7-23-16/h3-6,9-11H,2,7-8H2,1H3,(H,21,22). The third-order valence-corrected chi connectivity index (χ3v) is 5.18. The van der Waals surface area contributed by atoms with E-state index in [-0.39, 0.29) is 11.6 Å². The topological polar surface area (TPSA) is 47.6 Å². The van der Waals surface area contributed by atoms with E-state index in [1.54, 1.807) is 13.0 Å². The molecule has 0 spiro atoms. The quantitative estimate of drug-likeness (QED) is 0.709. The average Bonchev–Trinajstić information content (AvgIpc) is 2.82. The lowest BCUT2D eigenvalue weighted by molar-refractivity contribution is -0.115. The second-order valence-corrected chi connectivity index (χ2v) is 7.86. The zero-order valence-electron chi connectivity index (χ0n) is 13.6. The Kier molecular flexibility index (Phi) is 5.86. The summed E-state index contributed by atoms with van der Waals surface area (Å²) in [7, 11) is 0. The van der Waals surface area contributed by atoms with Crippen molar-refractivity contribution in [3.05, 3.63) is 46.7 Å². The molecule has 132 valence electrons. The van der Waals surface area contributed by atoms with Crippen molar-refractivity contribution in [3.8, 4) is 11.5 Å². The molecule has 2 aromatic rings. The fourth-order valence-electron chi connectivity index (χ4n) is 2.30. The molecule has 1 heterocycles. The molecule has 0 bridgehead atoms. The predicted molar refractivity (Wildman–Crippen MR) is 100 cm³/mol. The van der Waals surface area contributed by atoms with Gasteiger partial charge in [0.25, 0.3) is 0 Å². The van der Waals surface area contributed by atoms with Gasteiger partial charge in [0.05, 0.1) is 24.2 Å². The number of rotatable bonds is 4.